The van der Waals surface area contributed by atoms with Crippen LogP contribution in [0.25, 0.3) is 0 Å². The zero-order chi connectivity index (χ0) is 10.4. The van der Waals surface area contributed by atoms with Gasteiger partial charge in [0.1, 0.15) is 11.6 Å². The highest BCUT2D eigenvalue weighted by atomic mass is 19.1. The molecule has 0 aliphatic carbocycles. The molecule has 0 saturated heterocycles. The molecule has 4 heteroatoms. The lowest BCUT2D eigenvalue weighted by atomic mass is 10.2. The average Bonchev–Trinajstić information content (AvgIpc) is 2.19. The summed E-state index contributed by atoms with van der Waals surface area (Å²) in [4.78, 5) is 0. The van der Waals surface area contributed by atoms with Gasteiger partial charge >= 0.3 is 0 Å². The van der Waals surface area contributed by atoms with Crippen LogP contribution in [-0.2, 0) is 0 Å². The minimum Gasteiger partial charge on any atom is -0.495 e. The average molecular weight is 199 g/mol. The van der Waals surface area contributed by atoms with Crippen LogP contribution >= 0.6 is 0 Å². The zero-order valence-electron chi connectivity index (χ0n) is 8.09. The highest BCUT2D eigenvalue weighted by Gasteiger charge is 2.02. The maximum atomic E-state index is 12.8. The predicted molar refractivity (Wildman–Crippen MR) is 53.1 cm³/mol. The van der Waals surface area contributed by atoms with E-state index in [4.69, 9.17) is 9.84 Å². The van der Waals surface area contributed by atoms with Crippen LogP contribution in [0.15, 0.2) is 18.2 Å². The first kappa shape index (κ1) is 10.8. The highest BCUT2D eigenvalue weighted by molar-refractivity contribution is 5.56. The fraction of sp³-hybridized carbons (Fsp3) is 0.400. The molecular formula is C10H14FNO2. The van der Waals surface area contributed by atoms with Crippen molar-refractivity contribution in [2.75, 3.05) is 25.6 Å². The Morgan fingerprint density at radius 3 is 2.93 bits per heavy atom. The van der Waals surface area contributed by atoms with Gasteiger partial charge in [-0.2, -0.15) is 0 Å². The minimum atomic E-state index is -0.308. The van der Waals surface area contributed by atoms with E-state index in [1.807, 2.05) is 0 Å². The fourth-order valence-corrected chi connectivity index (χ4v) is 1.12. The quantitative estimate of drug-likeness (QED) is 0.708. The number of aliphatic hydroxyl groups is 1. The van der Waals surface area contributed by atoms with Crippen molar-refractivity contribution in [2.45, 2.75) is 6.42 Å². The summed E-state index contributed by atoms with van der Waals surface area (Å²) in [6.45, 7) is 0.709. The third-order valence-electron chi connectivity index (χ3n) is 1.81. The fourth-order valence-electron chi connectivity index (χ4n) is 1.12. The van der Waals surface area contributed by atoms with Gasteiger partial charge in [-0.15, -0.1) is 0 Å². The molecule has 0 saturated carbocycles. The molecule has 78 valence electrons. The van der Waals surface area contributed by atoms with E-state index < -0.39 is 0 Å². The Labute approximate surface area is 82.5 Å². The molecule has 1 rings (SSSR count). The van der Waals surface area contributed by atoms with Crippen LogP contribution in [0.5, 0.6) is 5.75 Å². The third kappa shape index (κ3) is 2.88. The molecule has 0 atom stereocenters. The monoisotopic (exact) mass is 199 g/mol. The van der Waals surface area contributed by atoms with Gasteiger partial charge in [-0.3, -0.25) is 0 Å². The number of benzene rings is 1. The Balaban J connectivity index is 2.67. The number of hydrogen-bond donors (Lipinski definition) is 2. The van der Waals surface area contributed by atoms with Crippen molar-refractivity contribution in [3.63, 3.8) is 0 Å². The van der Waals surface area contributed by atoms with Crippen LogP contribution in [0.4, 0.5) is 10.1 Å². The van der Waals surface area contributed by atoms with Gasteiger partial charge in [-0.1, -0.05) is 0 Å². The Bertz CT molecular complexity index is 291. The van der Waals surface area contributed by atoms with Crippen molar-refractivity contribution in [3.05, 3.63) is 24.0 Å². The maximum absolute atomic E-state index is 12.8. The summed E-state index contributed by atoms with van der Waals surface area (Å²) in [6.07, 6.45) is 0.625. The van der Waals surface area contributed by atoms with E-state index in [1.165, 1.54) is 19.2 Å². The molecule has 0 aromatic heterocycles. The number of hydrogen-bond acceptors (Lipinski definition) is 3. The van der Waals surface area contributed by atoms with Gasteiger partial charge in [0, 0.05) is 19.2 Å². The second kappa shape index (κ2) is 5.44. The summed E-state index contributed by atoms with van der Waals surface area (Å²) in [7, 11) is 1.53. The standard InChI is InChI=1S/C10H14FNO2/c1-14-10-4-3-8(11)7-9(10)12-5-2-6-13/h3-4,7,12-13H,2,5-6H2,1H3. The van der Waals surface area contributed by atoms with Crippen LogP contribution in [0, 0.1) is 5.82 Å². The molecule has 0 amide bonds. The Hall–Kier alpha value is -1.29. The van der Waals surface area contributed by atoms with E-state index >= 15 is 0 Å². The summed E-state index contributed by atoms with van der Waals surface area (Å²) >= 11 is 0. The van der Waals surface area contributed by atoms with E-state index in [0.717, 1.165) is 0 Å². The first-order valence-electron chi connectivity index (χ1n) is 4.46. The molecule has 0 aliphatic heterocycles. The largest absolute Gasteiger partial charge is 0.495 e. The first-order valence-corrected chi connectivity index (χ1v) is 4.46. The zero-order valence-corrected chi connectivity index (χ0v) is 8.09. The highest BCUT2D eigenvalue weighted by Crippen LogP contribution is 2.24. The molecule has 0 bridgehead atoms. The lowest BCUT2D eigenvalue weighted by Crippen LogP contribution is -2.05. The SMILES string of the molecule is COc1ccc(F)cc1NCCCO. The minimum absolute atomic E-state index is 0.116. The van der Waals surface area contributed by atoms with E-state index in [9.17, 15) is 4.39 Å². The normalized spacial score (nSPS) is 9.93. The van der Waals surface area contributed by atoms with E-state index in [1.54, 1.807) is 6.07 Å². The predicted octanol–water partition coefficient (Wildman–Crippen LogP) is 1.63. The molecule has 0 fully saturated rings. The van der Waals surface area contributed by atoms with Crippen molar-refractivity contribution in [2.24, 2.45) is 0 Å². The Morgan fingerprint density at radius 1 is 1.50 bits per heavy atom. The maximum Gasteiger partial charge on any atom is 0.142 e. The van der Waals surface area contributed by atoms with E-state index in [0.29, 0.717) is 24.4 Å². The number of rotatable bonds is 5. The van der Waals surface area contributed by atoms with Gasteiger partial charge in [0.25, 0.3) is 0 Å². The number of halogens is 1. The van der Waals surface area contributed by atoms with Gasteiger partial charge in [-0.25, -0.2) is 4.39 Å². The molecule has 0 aliphatic rings. The molecule has 0 radical (unpaired) electrons. The number of nitrogens with one attached hydrogen (secondary N) is 1. The molecule has 14 heavy (non-hydrogen) atoms. The summed E-state index contributed by atoms with van der Waals surface area (Å²) < 4.78 is 17.9. The summed E-state index contributed by atoms with van der Waals surface area (Å²) in [5, 5.41) is 11.6. The van der Waals surface area contributed by atoms with Crippen LogP contribution < -0.4 is 10.1 Å². The lowest BCUT2D eigenvalue weighted by Gasteiger charge is -2.10. The number of anilines is 1. The molecule has 1 aromatic rings. The second-order valence-corrected chi connectivity index (χ2v) is 2.85. The summed E-state index contributed by atoms with van der Waals surface area (Å²) in [6, 6.07) is 4.28. The molecule has 0 spiro atoms. The number of methoxy groups -OCH3 is 1. The van der Waals surface area contributed by atoms with E-state index in [2.05, 4.69) is 5.32 Å². The molecule has 0 unspecified atom stereocenters. The molecule has 1 aromatic carbocycles. The van der Waals surface area contributed by atoms with Gasteiger partial charge < -0.3 is 15.2 Å². The molecule has 0 heterocycles. The van der Waals surface area contributed by atoms with Crippen molar-refractivity contribution in [1.82, 2.24) is 0 Å². The Morgan fingerprint density at radius 2 is 2.29 bits per heavy atom. The smallest absolute Gasteiger partial charge is 0.142 e. The topological polar surface area (TPSA) is 41.5 Å². The molecule has 2 N–H and O–H groups in total. The molecule has 3 nitrogen and oxygen atoms in total. The van der Waals surface area contributed by atoms with E-state index in [-0.39, 0.29) is 12.4 Å². The van der Waals surface area contributed by atoms with Crippen molar-refractivity contribution >= 4 is 5.69 Å². The van der Waals surface area contributed by atoms with Crippen LogP contribution in [-0.4, -0.2) is 25.4 Å². The van der Waals surface area contributed by atoms with Crippen molar-refractivity contribution in [3.8, 4) is 5.75 Å². The van der Waals surface area contributed by atoms with Crippen LogP contribution in [0.3, 0.4) is 0 Å². The van der Waals surface area contributed by atoms with Crippen LogP contribution in [0.1, 0.15) is 6.42 Å². The third-order valence-corrected chi connectivity index (χ3v) is 1.81. The van der Waals surface area contributed by atoms with Crippen molar-refractivity contribution < 1.29 is 14.2 Å². The van der Waals surface area contributed by atoms with Gasteiger partial charge in [0.05, 0.1) is 12.8 Å². The number of ether oxygens (including phenoxy) is 1. The van der Waals surface area contributed by atoms with Crippen molar-refractivity contribution in [1.29, 1.82) is 0 Å². The van der Waals surface area contributed by atoms with Gasteiger partial charge in [0.15, 0.2) is 0 Å². The van der Waals surface area contributed by atoms with Gasteiger partial charge in [0.2, 0.25) is 0 Å². The Kier molecular flexibility index (Phi) is 4.19. The van der Waals surface area contributed by atoms with Gasteiger partial charge in [-0.05, 0) is 18.6 Å². The molecular weight excluding hydrogens is 185 g/mol. The number of aliphatic hydroxyl groups excluding tert-OH is 1. The second-order valence-electron chi connectivity index (χ2n) is 2.85. The lowest BCUT2D eigenvalue weighted by molar-refractivity contribution is 0.292. The summed E-state index contributed by atoms with van der Waals surface area (Å²) in [5.41, 5.74) is 0.612. The van der Waals surface area contributed by atoms with Crippen LogP contribution in [0.2, 0.25) is 0 Å². The first-order chi connectivity index (χ1) is 6.77. The summed E-state index contributed by atoms with van der Waals surface area (Å²) in [5.74, 6) is 0.293.